The van der Waals surface area contributed by atoms with E-state index in [-0.39, 0.29) is 5.82 Å². The Morgan fingerprint density at radius 3 is 3.00 bits per heavy atom. The molecule has 0 amide bonds. The fourth-order valence-corrected chi connectivity index (χ4v) is 1.04. The summed E-state index contributed by atoms with van der Waals surface area (Å²) < 4.78 is 17.5. The average molecular weight is 169 g/mol. The number of pyridine rings is 1. The number of hydrogen-bond donors (Lipinski definition) is 0. The van der Waals surface area contributed by atoms with Gasteiger partial charge in [0.1, 0.15) is 5.82 Å². The monoisotopic (exact) mass is 169 g/mol. The summed E-state index contributed by atoms with van der Waals surface area (Å²) in [5.74, 6) is 0.297. The van der Waals surface area contributed by atoms with Crippen molar-refractivity contribution in [1.29, 1.82) is 0 Å². The van der Waals surface area contributed by atoms with Crippen LogP contribution in [-0.2, 0) is 6.42 Å². The number of fused-ring (bicyclic) bond motifs is 1. The molecule has 0 radical (unpaired) electrons. The molecule has 0 saturated carbocycles. The van der Waals surface area contributed by atoms with Crippen molar-refractivity contribution in [1.82, 2.24) is 4.98 Å². The number of aromatic nitrogens is 1. The summed E-state index contributed by atoms with van der Waals surface area (Å²) in [6.07, 6.45) is 1.95. The summed E-state index contributed by atoms with van der Waals surface area (Å²) in [6.45, 7) is 4.63. The number of ether oxygens (including phenoxy) is 1. The van der Waals surface area contributed by atoms with Gasteiger partial charge in [-0.15, -0.1) is 0 Å². The minimum atomic E-state index is -0.288. The van der Waals surface area contributed by atoms with Crippen LogP contribution in [0.3, 0.4) is 0 Å². The molecule has 12 heavy (non-hydrogen) atoms. The summed E-state index contributed by atoms with van der Waals surface area (Å²) in [6, 6.07) is 1.47. The van der Waals surface area contributed by atoms with Crippen LogP contribution in [0, 0.1) is 5.82 Å². The molecule has 2 nitrogen and oxygen atoms in total. The fraction of sp³-hybridized carbons (Fsp3) is 0.444. The van der Waals surface area contributed by atoms with Crippen molar-refractivity contribution in [3.05, 3.63) is 23.6 Å². The van der Waals surface area contributed by atoms with Gasteiger partial charge in [0, 0.05) is 12.0 Å². The first-order chi connectivity index (χ1) is 5.86. The smallest absolute Gasteiger partial charge is 0.216 e. The maximum Gasteiger partial charge on any atom is 0.216 e. The van der Waals surface area contributed by atoms with Crippen LogP contribution in [0.2, 0.25) is 0 Å². The zero-order valence-electron chi connectivity index (χ0n) is 7.30. The molecule has 0 unspecified atom stereocenters. The topological polar surface area (TPSA) is 22.1 Å². The maximum absolute atomic E-state index is 12.4. The zero-order valence-corrected chi connectivity index (χ0v) is 7.30. The number of rotatable bonds is 0. The van der Waals surface area contributed by atoms with Gasteiger partial charge < -0.3 is 4.74 Å². The lowest BCUT2D eigenvalue weighted by Gasteiger charge is -1.94. The lowest BCUT2D eigenvalue weighted by molar-refractivity contribution is 0.344. The normalized spacial score (nSPS) is 12.6. The van der Waals surface area contributed by atoms with Crippen molar-refractivity contribution >= 4 is 0 Å². The Kier molecular flexibility index (Phi) is 3.02. The van der Waals surface area contributed by atoms with Crippen LogP contribution < -0.4 is 4.74 Å². The van der Waals surface area contributed by atoms with E-state index in [9.17, 15) is 4.39 Å². The predicted octanol–water partition coefficient (Wildman–Crippen LogP) is 2.18. The molecule has 0 spiro atoms. The van der Waals surface area contributed by atoms with E-state index in [0.717, 1.165) is 12.0 Å². The molecule has 0 N–H and O–H groups in total. The van der Waals surface area contributed by atoms with E-state index in [4.69, 9.17) is 4.74 Å². The highest BCUT2D eigenvalue weighted by atomic mass is 19.1. The van der Waals surface area contributed by atoms with E-state index < -0.39 is 0 Å². The Morgan fingerprint density at radius 2 is 2.25 bits per heavy atom. The molecule has 0 fully saturated rings. The summed E-state index contributed by atoms with van der Waals surface area (Å²) >= 11 is 0. The van der Waals surface area contributed by atoms with Gasteiger partial charge in [-0.2, -0.15) is 0 Å². The Balaban J connectivity index is 0.000000336. The summed E-state index contributed by atoms with van der Waals surface area (Å²) in [5, 5.41) is 0. The van der Waals surface area contributed by atoms with E-state index in [1.165, 1.54) is 12.3 Å². The quantitative estimate of drug-likeness (QED) is 0.593. The maximum atomic E-state index is 12.4. The van der Waals surface area contributed by atoms with Gasteiger partial charge in [-0.1, -0.05) is 13.8 Å². The van der Waals surface area contributed by atoms with E-state index in [0.29, 0.717) is 12.5 Å². The SMILES string of the molecule is CC.Fc1cnc2c(c1)CCO2. The molecule has 1 aliphatic heterocycles. The van der Waals surface area contributed by atoms with Gasteiger partial charge in [0.05, 0.1) is 12.8 Å². The molecule has 0 aliphatic carbocycles. The van der Waals surface area contributed by atoms with Crippen molar-refractivity contribution < 1.29 is 9.13 Å². The third-order valence-electron chi connectivity index (χ3n) is 1.50. The number of halogens is 1. The molecular formula is C9H12FNO. The van der Waals surface area contributed by atoms with Gasteiger partial charge in [-0.25, -0.2) is 9.37 Å². The van der Waals surface area contributed by atoms with Crippen molar-refractivity contribution in [3.63, 3.8) is 0 Å². The van der Waals surface area contributed by atoms with E-state index >= 15 is 0 Å². The van der Waals surface area contributed by atoms with Gasteiger partial charge in [-0.3, -0.25) is 0 Å². The third kappa shape index (κ3) is 1.72. The van der Waals surface area contributed by atoms with Gasteiger partial charge >= 0.3 is 0 Å². The second-order valence-corrected chi connectivity index (χ2v) is 2.22. The third-order valence-corrected chi connectivity index (χ3v) is 1.50. The number of nitrogens with zero attached hydrogens (tertiary/aromatic N) is 1. The zero-order chi connectivity index (χ0) is 8.97. The first-order valence-corrected chi connectivity index (χ1v) is 4.13. The molecule has 3 heteroatoms. The van der Waals surface area contributed by atoms with Gasteiger partial charge in [0.15, 0.2) is 0 Å². The lowest BCUT2D eigenvalue weighted by Crippen LogP contribution is -1.87. The number of hydrogen-bond acceptors (Lipinski definition) is 2. The van der Waals surface area contributed by atoms with Crippen LogP contribution in [0.1, 0.15) is 19.4 Å². The molecule has 0 bridgehead atoms. The van der Waals surface area contributed by atoms with Crippen LogP contribution in [0.5, 0.6) is 5.88 Å². The Hall–Kier alpha value is -1.12. The summed E-state index contributed by atoms with van der Waals surface area (Å²) in [5.41, 5.74) is 0.875. The van der Waals surface area contributed by atoms with E-state index in [2.05, 4.69) is 4.98 Å². The van der Waals surface area contributed by atoms with Crippen molar-refractivity contribution in [2.75, 3.05) is 6.61 Å². The molecule has 0 atom stereocenters. The average Bonchev–Trinajstić information content (AvgIpc) is 2.54. The highest BCUT2D eigenvalue weighted by Crippen LogP contribution is 2.21. The molecule has 1 aromatic heterocycles. The first-order valence-electron chi connectivity index (χ1n) is 4.13. The van der Waals surface area contributed by atoms with Crippen LogP contribution in [0.25, 0.3) is 0 Å². The molecule has 2 heterocycles. The van der Waals surface area contributed by atoms with Gasteiger partial charge in [0.25, 0.3) is 0 Å². The van der Waals surface area contributed by atoms with Crippen LogP contribution in [0.15, 0.2) is 12.3 Å². The van der Waals surface area contributed by atoms with Gasteiger partial charge in [0.2, 0.25) is 5.88 Å². The highest BCUT2D eigenvalue weighted by Gasteiger charge is 2.12. The van der Waals surface area contributed by atoms with Crippen LogP contribution in [0.4, 0.5) is 4.39 Å². The largest absolute Gasteiger partial charge is 0.477 e. The standard InChI is InChI=1S/C7H6FNO.C2H6/c8-6-3-5-1-2-10-7(5)9-4-6;1-2/h3-4H,1-2H2;1-2H3. The van der Waals surface area contributed by atoms with E-state index in [1.807, 2.05) is 13.8 Å². The molecule has 0 aromatic carbocycles. The fourth-order valence-electron chi connectivity index (χ4n) is 1.04. The van der Waals surface area contributed by atoms with E-state index in [1.54, 1.807) is 0 Å². The van der Waals surface area contributed by atoms with Gasteiger partial charge in [-0.05, 0) is 6.07 Å². The minimum absolute atomic E-state index is 0.288. The predicted molar refractivity (Wildman–Crippen MR) is 44.7 cm³/mol. The lowest BCUT2D eigenvalue weighted by atomic mass is 10.2. The van der Waals surface area contributed by atoms with Crippen molar-refractivity contribution in [2.24, 2.45) is 0 Å². The Labute approximate surface area is 71.4 Å². The molecule has 0 saturated heterocycles. The molecule has 1 aliphatic rings. The Morgan fingerprint density at radius 1 is 1.50 bits per heavy atom. The minimum Gasteiger partial charge on any atom is -0.477 e. The molecule has 66 valence electrons. The second kappa shape index (κ2) is 4.04. The second-order valence-electron chi connectivity index (χ2n) is 2.22. The van der Waals surface area contributed by atoms with Crippen molar-refractivity contribution in [3.8, 4) is 5.88 Å². The highest BCUT2D eigenvalue weighted by molar-refractivity contribution is 5.29. The summed E-state index contributed by atoms with van der Waals surface area (Å²) in [7, 11) is 0. The molecule has 2 rings (SSSR count). The Bertz CT molecular complexity index is 263. The summed E-state index contributed by atoms with van der Waals surface area (Å²) in [4.78, 5) is 3.76. The molecule has 1 aromatic rings. The van der Waals surface area contributed by atoms with Crippen molar-refractivity contribution in [2.45, 2.75) is 20.3 Å². The molecular weight excluding hydrogens is 157 g/mol. The van der Waals surface area contributed by atoms with Crippen LogP contribution >= 0.6 is 0 Å². The van der Waals surface area contributed by atoms with Crippen LogP contribution in [-0.4, -0.2) is 11.6 Å². The first kappa shape index (κ1) is 8.97.